The van der Waals surface area contributed by atoms with Gasteiger partial charge in [0.2, 0.25) is 11.8 Å². The van der Waals surface area contributed by atoms with Crippen molar-refractivity contribution in [2.45, 2.75) is 24.6 Å². The number of rotatable bonds is 4. The Balaban J connectivity index is 1.86. The number of halogens is 6. The van der Waals surface area contributed by atoms with Crippen molar-refractivity contribution in [2.24, 2.45) is 5.92 Å². The van der Waals surface area contributed by atoms with Crippen LogP contribution in [0.1, 0.15) is 35.1 Å². The van der Waals surface area contributed by atoms with E-state index < -0.39 is 52.8 Å². The summed E-state index contributed by atoms with van der Waals surface area (Å²) >= 11 is 12.1. The van der Waals surface area contributed by atoms with Crippen LogP contribution in [0.15, 0.2) is 66.7 Å². The molecule has 1 aliphatic heterocycles. The van der Waals surface area contributed by atoms with Gasteiger partial charge in [-0.15, -0.1) is 0 Å². The molecule has 0 saturated carbocycles. The average Bonchev–Trinajstić information content (AvgIpc) is 2.77. The van der Waals surface area contributed by atoms with E-state index in [9.17, 15) is 27.2 Å². The summed E-state index contributed by atoms with van der Waals surface area (Å²) in [6.45, 7) is 0. The first-order chi connectivity index (χ1) is 16.5. The maximum Gasteiger partial charge on any atom is 0.416 e. The van der Waals surface area contributed by atoms with Gasteiger partial charge < -0.3 is 10.6 Å². The van der Waals surface area contributed by atoms with Gasteiger partial charge >= 0.3 is 6.18 Å². The molecular formula is C25H18Cl2F4N2O2. The van der Waals surface area contributed by atoms with Crippen LogP contribution in [0.4, 0.5) is 23.2 Å². The van der Waals surface area contributed by atoms with Crippen LogP contribution in [0, 0.1) is 11.7 Å². The number of nitrogens with one attached hydrogen (secondary N) is 2. The Hall–Kier alpha value is -3.10. The van der Waals surface area contributed by atoms with Crippen LogP contribution in [0.3, 0.4) is 0 Å². The Morgan fingerprint density at radius 3 is 2.31 bits per heavy atom. The highest BCUT2D eigenvalue weighted by atomic mass is 35.5. The summed E-state index contributed by atoms with van der Waals surface area (Å²) in [4.78, 5) is 26.2. The number of carbonyl (C=O) groups is 2. The second kappa shape index (κ2) is 9.87. The van der Waals surface area contributed by atoms with E-state index in [-0.39, 0.29) is 6.42 Å². The zero-order valence-electron chi connectivity index (χ0n) is 17.9. The first-order valence-corrected chi connectivity index (χ1v) is 11.3. The number of piperidine rings is 1. The second-order valence-electron chi connectivity index (χ2n) is 8.17. The zero-order valence-corrected chi connectivity index (χ0v) is 19.4. The highest BCUT2D eigenvalue weighted by Gasteiger charge is 2.46. The molecule has 35 heavy (non-hydrogen) atoms. The highest BCUT2D eigenvalue weighted by Crippen LogP contribution is 2.45. The van der Waals surface area contributed by atoms with Crippen LogP contribution < -0.4 is 10.6 Å². The number of hydrogen-bond donors (Lipinski definition) is 2. The SMILES string of the molecule is O=C1C[C@@H](c2cccc(Cl)c2)[C@H](C(=O)Nc2cccc(Cl)c2)[C@@H](c2cc(F)ccc2C(F)(F)F)N1. The van der Waals surface area contributed by atoms with Crippen LogP contribution in [0.2, 0.25) is 10.0 Å². The molecule has 0 aromatic heterocycles. The summed E-state index contributed by atoms with van der Waals surface area (Å²) in [6, 6.07) is 13.2. The van der Waals surface area contributed by atoms with Crippen molar-refractivity contribution >= 4 is 40.7 Å². The molecule has 0 radical (unpaired) electrons. The molecule has 0 spiro atoms. The molecule has 0 aliphatic carbocycles. The first kappa shape index (κ1) is 25.0. The van der Waals surface area contributed by atoms with E-state index in [2.05, 4.69) is 10.6 Å². The van der Waals surface area contributed by atoms with Crippen LogP contribution in [0.5, 0.6) is 0 Å². The molecular weight excluding hydrogens is 507 g/mol. The summed E-state index contributed by atoms with van der Waals surface area (Å²) in [6.07, 6.45) is -5.02. The fourth-order valence-electron chi connectivity index (χ4n) is 4.39. The standard InChI is InChI=1S/C25H18Cl2F4N2O2/c26-14-4-1-3-13(9-14)18-12-21(34)33-23(19-11-16(28)7-8-20(19)25(29,30)31)22(18)24(35)32-17-6-2-5-15(27)10-17/h1-11,18,22-23H,12H2,(H,32,35)(H,33,34)/t18-,22-,23+/m0/s1. The maximum absolute atomic E-state index is 14.2. The quantitative estimate of drug-likeness (QED) is 0.371. The van der Waals surface area contributed by atoms with Gasteiger partial charge in [-0.3, -0.25) is 9.59 Å². The fourth-order valence-corrected chi connectivity index (χ4v) is 4.78. The van der Waals surface area contributed by atoms with Crippen molar-refractivity contribution in [3.8, 4) is 0 Å². The van der Waals surface area contributed by atoms with Crippen molar-refractivity contribution in [1.82, 2.24) is 5.32 Å². The van der Waals surface area contributed by atoms with E-state index in [0.29, 0.717) is 39.5 Å². The normalized spacial score (nSPS) is 20.3. The number of amides is 2. The third kappa shape index (κ3) is 5.60. The lowest BCUT2D eigenvalue weighted by molar-refractivity contribution is -0.140. The van der Waals surface area contributed by atoms with E-state index in [0.717, 1.165) is 0 Å². The zero-order chi connectivity index (χ0) is 25.3. The topological polar surface area (TPSA) is 58.2 Å². The van der Waals surface area contributed by atoms with Crippen molar-refractivity contribution in [3.63, 3.8) is 0 Å². The summed E-state index contributed by atoms with van der Waals surface area (Å²) in [5, 5.41) is 5.83. The largest absolute Gasteiger partial charge is 0.416 e. The van der Waals surface area contributed by atoms with Crippen LogP contribution >= 0.6 is 23.2 Å². The smallest absolute Gasteiger partial charge is 0.348 e. The molecule has 0 unspecified atom stereocenters. The predicted octanol–water partition coefficient (Wildman–Crippen LogP) is 6.75. The molecule has 2 N–H and O–H groups in total. The molecule has 1 heterocycles. The Morgan fingerprint density at radius 1 is 0.971 bits per heavy atom. The predicted molar refractivity (Wildman–Crippen MR) is 125 cm³/mol. The molecule has 182 valence electrons. The minimum absolute atomic E-state index is 0.179. The third-order valence-electron chi connectivity index (χ3n) is 5.84. The number of anilines is 1. The highest BCUT2D eigenvalue weighted by molar-refractivity contribution is 6.31. The van der Waals surface area contributed by atoms with Crippen LogP contribution in [0.25, 0.3) is 0 Å². The molecule has 2 amide bonds. The van der Waals surface area contributed by atoms with Crippen molar-refractivity contribution in [2.75, 3.05) is 5.32 Å². The summed E-state index contributed by atoms with van der Waals surface area (Å²) in [7, 11) is 0. The number of carbonyl (C=O) groups excluding carboxylic acids is 2. The molecule has 0 bridgehead atoms. The van der Waals surface area contributed by atoms with Crippen LogP contribution in [-0.4, -0.2) is 11.8 Å². The Bertz CT molecular complexity index is 1280. The van der Waals surface area contributed by atoms with E-state index in [4.69, 9.17) is 23.2 Å². The second-order valence-corrected chi connectivity index (χ2v) is 9.04. The van der Waals surface area contributed by atoms with Gasteiger partial charge in [0, 0.05) is 28.1 Å². The Labute approximate surface area is 208 Å². The molecule has 1 saturated heterocycles. The molecule has 1 aliphatic rings. The van der Waals surface area contributed by atoms with Gasteiger partial charge in [0.1, 0.15) is 5.82 Å². The lowest BCUT2D eigenvalue weighted by Gasteiger charge is -2.39. The van der Waals surface area contributed by atoms with Gasteiger partial charge in [-0.05, 0) is 59.7 Å². The molecule has 1 fully saturated rings. The monoisotopic (exact) mass is 524 g/mol. The molecule has 3 aromatic rings. The van der Waals surface area contributed by atoms with Crippen molar-refractivity contribution in [1.29, 1.82) is 0 Å². The van der Waals surface area contributed by atoms with Gasteiger partial charge in [0.05, 0.1) is 17.5 Å². The fraction of sp³-hybridized carbons (Fsp3) is 0.200. The van der Waals surface area contributed by atoms with Crippen molar-refractivity contribution in [3.05, 3.63) is 99.3 Å². The third-order valence-corrected chi connectivity index (χ3v) is 6.31. The summed E-state index contributed by atoms with van der Waals surface area (Å²) in [5.74, 6) is -4.24. The van der Waals surface area contributed by atoms with Gasteiger partial charge in [0.15, 0.2) is 0 Å². The lowest BCUT2D eigenvalue weighted by atomic mass is 9.73. The van der Waals surface area contributed by atoms with Crippen molar-refractivity contribution < 1.29 is 27.2 Å². The van der Waals surface area contributed by atoms with Gasteiger partial charge in [0.25, 0.3) is 0 Å². The summed E-state index contributed by atoms with van der Waals surface area (Å²) < 4.78 is 55.7. The maximum atomic E-state index is 14.2. The van der Waals surface area contributed by atoms with E-state index >= 15 is 0 Å². The van der Waals surface area contributed by atoms with E-state index in [1.165, 1.54) is 6.07 Å². The molecule has 4 rings (SSSR count). The van der Waals surface area contributed by atoms with Gasteiger partial charge in [-0.2, -0.15) is 13.2 Å². The van der Waals surface area contributed by atoms with Gasteiger partial charge in [-0.25, -0.2) is 4.39 Å². The molecule has 3 atom stereocenters. The molecule has 4 nitrogen and oxygen atoms in total. The van der Waals surface area contributed by atoms with E-state index in [1.807, 2.05) is 0 Å². The van der Waals surface area contributed by atoms with E-state index in [1.54, 1.807) is 42.5 Å². The Morgan fingerprint density at radius 2 is 1.66 bits per heavy atom. The molecule has 3 aromatic carbocycles. The van der Waals surface area contributed by atoms with Gasteiger partial charge in [-0.1, -0.05) is 41.4 Å². The number of hydrogen-bond acceptors (Lipinski definition) is 2. The minimum Gasteiger partial charge on any atom is -0.348 e. The summed E-state index contributed by atoms with van der Waals surface area (Å²) in [5.41, 5.74) is -0.868. The number of benzene rings is 3. The van der Waals surface area contributed by atoms with Crippen LogP contribution in [-0.2, 0) is 15.8 Å². The Kier molecular flexibility index (Phi) is 7.05. The average molecular weight is 525 g/mol. The number of alkyl halides is 3. The lowest BCUT2D eigenvalue weighted by Crippen LogP contribution is -2.48. The minimum atomic E-state index is -4.84. The molecule has 10 heteroatoms. The first-order valence-electron chi connectivity index (χ1n) is 10.5.